The molecule has 0 unspecified atom stereocenters. The molecule has 0 aliphatic heterocycles. The summed E-state index contributed by atoms with van der Waals surface area (Å²) in [4.78, 5) is 4.42. The van der Waals surface area contributed by atoms with Gasteiger partial charge in [0, 0.05) is 6.42 Å². The molecule has 7 nitrogen and oxygen atoms in total. The van der Waals surface area contributed by atoms with Crippen LogP contribution in [0.3, 0.4) is 0 Å². The fourth-order valence-corrected chi connectivity index (χ4v) is 2.78. The van der Waals surface area contributed by atoms with E-state index in [1.165, 1.54) is 12.1 Å². The average Bonchev–Trinajstić information content (AvgIpc) is 2.82. The van der Waals surface area contributed by atoms with Crippen molar-refractivity contribution in [1.29, 1.82) is 0 Å². The Morgan fingerprint density at radius 3 is 2.57 bits per heavy atom. The van der Waals surface area contributed by atoms with Gasteiger partial charge in [0.2, 0.25) is 15.9 Å². The van der Waals surface area contributed by atoms with Crippen molar-refractivity contribution in [2.75, 3.05) is 0 Å². The van der Waals surface area contributed by atoms with Crippen LogP contribution in [0, 0.1) is 6.92 Å². The number of nitrogens with two attached hydrogens (primary N) is 1. The predicted molar refractivity (Wildman–Crippen MR) is 80.0 cm³/mol. The zero-order valence-corrected chi connectivity index (χ0v) is 12.9. The molecule has 9 heteroatoms. The highest BCUT2D eigenvalue weighted by molar-refractivity contribution is 7.89. The summed E-state index contributed by atoms with van der Waals surface area (Å²) in [5.41, 5.74) is 6.30. The first-order valence-electron chi connectivity index (χ1n) is 6.03. The third-order valence-corrected chi connectivity index (χ3v) is 4.16. The molecule has 2 aromatic rings. The molecule has 0 aliphatic carbocycles. The SMILES string of the molecule is Cc1noc(CNS(=O)(=O)c2ccc(CC(N)=S)cc2)n1. The van der Waals surface area contributed by atoms with E-state index in [-0.39, 0.29) is 17.3 Å². The molecule has 1 heterocycles. The second-order valence-corrected chi connectivity index (χ2v) is 6.64. The zero-order valence-electron chi connectivity index (χ0n) is 11.2. The van der Waals surface area contributed by atoms with Crippen molar-refractivity contribution in [3.05, 3.63) is 41.5 Å². The molecule has 112 valence electrons. The summed E-state index contributed by atoms with van der Waals surface area (Å²) in [5, 5.41) is 3.58. The lowest BCUT2D eigenvalue weighted by molar-refractivity contribution is 0.372. The van der Waals surface area contributed by atoms with Crippen LogP contribution in [0.2, 0.25) is 0 Å². The molecule has 0 bridgehead atoms. The summed E-state index contributed by atoms with van der Waals surface area (Å²) >= 11 is 4.81. The van der Waals surface area contributed by atoms with Gasteiger partial charge in [0.05, 0.1) is 16.4 Å². The van der Waals surface area contributed by atoms with E-state index in [0.717, 1.165) is 5.56 Å². The first-order chi connectivity index (χ1) is 9.87. The number of hydrogen-bond donors (Lipinski definition) is 2. The van der Waals surface area contributed by atoms with Crippen LogP contribution in [0.5, 0.6) is 0 Å². The summed E-state index contributed by atoms with van der Waals surface area (Å²) in [6.45, 7) is 1.60. The van der Waals surface area contributed by atoms with Crippen LogP contribution in [-0.4, -0.2) is 23.5 Å². The van der Waals surface area contributed by atoms with Gasteiger partial charge in [0.25, 0.3) is 0 Å². The first kappa shape index (κ1) is 15.5. The lowest BCUT2D eigenvalue weighted by Crippen LogP contribution is -2.23. The van der Waals surface area contributed by atoms with Crippen molar-refractivity contribution in [2.45, 2.75) is 24.8 Å². The molecule has 3 N–H and O–H groups in total. The van der Waals surface area contributed by atoms with Crippen LogP contribution >= 0.6 is 12.2 Å². The van der Waals surface area contributed by atoms with E-state index >= 15 is 0 Å². The largest absolute Gasteiger partial charge is 0.393 e. The molecule has 0 saturated heterocycles. The van der Waals surface area contributed by atoms with Crippen molar-refractivity contribution in [3.63, 3.8) is 0 Å². The summed E-state index contributed by atoms with van der Waals surface area (Å²) in [6, 6.07) is 6.33. The van der Waals surface area contributed by atoms with Crippen molar-refractivity contribution < 1.29 is 12.9 Å². The van der Waals surface area contributed by atoms with E-state index in [1.807, 2.05) is 0 Å². The highest BCUT2D eigenvalue weighted by Gasteiger charge is 2.15. The highest BCUT2D eigenvalue weighted by Crippen LogP contribution is 2.11. The fraction of sp³-hybridized carbons (Fsp3) is 0.250. The number of thiocarbonyl (C=S) groups is 1. The summed E-state index contributed by atoms with van der Waals surface area (Å²) in [5.74, 6) is 0.660. The third kappa shape index (κ3) is 4.31. The van der Waals surface area contributed by atoms with Gasteiger partial charge in [-0.3, -0.25) is 0 Å². The highest BCUT2D eigenvalue weighted by atomic mass is 32.2. The normalized spacial score (nSPS) is 11.5. The van der Waals surface area contributed by atoms with Gasteiger partial charge in [-0.05, 0) is 24.6 Å². The number of hydrogen-bond acceptors (Lipinski definition) is 6. The zero-order chi connectivity index (χ0) is 15.5. The van der Waals surface area contributed by atoms with Gasteiger partial charge < -0.3 is 10.3 Å². The molecule has 21 heavy (non-hydrogen) atoms. The van der Waals surface area contributed by atoms with Crippen LogP contribution in [-0.2, 0) is 23.0 Å². The van der Waals surface area contributed by atoms with Gasteiger partial charge in [-0.2, -0.15) is 4.98 Å². The van der Waals surface area contributed by atoms with Crippen molar-refractivity contribution in [2.24, 2.45) is 5.73 Å². The van der Waals surface area contributed by atoms with Gasteiger partial charge in [0.15, 0.2) is 5.82 Å². The molecule has 0 radical (unpaired) electrons. The van der Waals surface area contributed by atoms with E-state index < -0.39 is 10.0 Å². The van der Waals surface area contributed by atoms with Gasteiger partial charge >= 0.3 is 0 Å². The molecule has 0 saturated carbocycles. The Morgan fingerprint density at radius 2 is 2.05 bits per heavy atom. The Balaban J connectivity index is 2.06. The second kappa shape index (κ2) is 6.29. The van der Waals surface area contributed by atoms with E-state index in [9.17, 15) is 8.42 Å². The number of nitrogens with zero attached hydrogens (tertiary/aromatic N) is 2. The van der Waals surface area contributed by atoms with E-state index in [4.69, 9.17) is 22.5 Å². The Morgan fingerprint density at radius 1 is 1.38 bits per heavy atom. The van der Waals surface area contributed by atoms with Gasteiger partial charge in [0.1, 0.15) is 0 Å². The Hall–Kier alpha value is -1.84. The van der Waals surface area contributed by atoms with Crippen LogP contribution in [0.4, 0.5) is 0 Å². The van der Waals surface area contributed by atoms with Crippen molar-refractivity contribution in [3.8, 4) is 0 Å². The Labute approximate surface area is 127 Å². The Kier molecular flexibility index (Phi) is 4.66. The van der Waals surface area contributed by atoms with Gasteiger partial charge in [-0.25, -0.2) is 13.1 Å². The van der Waals surface area contributed by atoms with Crippen LogP contribution in [0.15, 0.2) is 33.7 Å². The molecule has 0 spiro atoms. The summed E-state index contributed by atoms with van der Waals surface area (Å²) in [6.07, 6.45) is 0.435. The fourth-order valence-electron chi connectivity index (χ4n) is 1.64. The average molecular weight is 326 g/mol. The van der Waals surface area contributed by atoms with Crippen molar-refractivity contribution in [1.82, 2.24) is 14.9 Å². The monoisotopic (exact) mass is 326 g/mol. The third-order valence-electron chi connectivity index (χ3n) is 2.60. The molecule has 0 atom stereocenters. The molecule has 0 aliphatic rings. The Bertz CT molecular complexity index is 738. The maximum Gasteiger partial charge on any atom is 0.241 e. The number of aryl methyl sites for hydroxylation is 1. The van der Waals surface area contributed by atoms with Gasteiger partial charge in [-0.1, -0.05) is 29.5 Å². The molecular formula is C12H14N4O3S2. The standard InChI is InChI=1S/C12H14N4O3S2/c1-8-15-12(19-16-8)7-14-21(17,18)10-4-2-9(3-5-10)6-11(13)20/h2-5,14H,6-7H2,1H3,(H2,13,20). The van der Waals surface area contributed by atoms with E-state index in [2.05, 4.69) is 14.9 Å². The smallest absolute Gasteiger partial charge is 0.241 e. The van der Waals surface area contributed by atoms with E-state index in [1.54, 1.807) is 19.1 Å². The lowest BCUT2D eigenvalue weighted by Gasteiger charge is -2.06. The topological polar surface area (TPSA) is 111 Å². The van der Waals surface area contributed by atoms with E-state index in [0.29, 0.717) is 17.2 Å². The van der Waals surface area contributed by atoms with Crippen LogP contribution < -0.4 is 10.5 Å². The minimum atomic E-state index is -3.64. The molecular weight excluding hydrogens is 312 g/mol. The predicted octanol–water partition coefficient (Wildman–Crippen LogP) is 0.685. The number of nitrogens with one attached hydrogen (secondary N) is 1. The summed E-state index contributed by atoms with van der Waals surface area (Å²) in [7, 11) is -3.64. The summed E-state index contributed by atoms with van der Waals surface area (Å²) < 4.78 is 31.4. The first-order valence-corrected chi connectivity index (χ1v) is 7.92. The van der Waals surface area contributed by atoms with Crippen LogP contribution in [0.25, 0.3) is 0 Å². The molecule has 2 rings (SSSR count). The van der Waals surface area contributed by atoms with Crippen molar-refractivity contribution >= 4 is 27.2 Å². The lowest BCUT2D eigenvalue weighted by atomic mass is 10.1. The maximum absolute atomic E-state index is 12.1. The van der Waals surface area contributed by atoms with Crippen LogP contribution in [0.1, 0.15) is 17.3 Å². The molecule has 0 fully saturated rings. The van der Waals surface area contributed by atoms with Gasteiger partial charge in [-0.15, -0.1) is 0 Å². The number of benzene rings is 1. The minimum Gasteiger partial charge on any atom is -0.393 e. The number of rotatable bonds is 6. The quantitative estimate of drug-likeness (QED) is 0.751. The molecule has 0 amide bonds. The minimum absolute atomic E-state index is 0.0577. The number of aromatic nitrogens is 2. The number of sulfonamides is 1. The second-order valence-electron chi connectivity index (χ2n) is 4.35. The molecule has 1 aromatic carbocycles. The molecule has 1 aromatic heterocycles. The maximum atomic E-state index is 12.1.